The van der Waals surface area contributed by atoms with Crippen LogP contribution >= 0.6 is 18.1 Å². The van der Waals surface area contributed by atoms with Gasteiger partial charge in [-0.05, 0) is 37.4 Å². The Kier molecular flexibility index (Phi) is 7.82. The molecule has 0 saturated heterocycles. The van der Waals surface area contributed by atoms with Gasteiger partial charge in [-0.25, -0.2) is 9.65 Å². The van der Waals surface area contributed by atoms with Gasteiger partial charge in [-0.3, -0.25) is 4.79 Å². The average molecular weight is 332 g/mol. The molecule has 0 aromatic heterocycles. The van der Waals surface area contributed by atoms with Crippen molar-refractivity contribution in [1.82, 2.24) is 5.09 Å². The molecule has 0 amide bonds. The highest BCUT2D eigenvalue weighted by Crippen LogP contribution is 2.55. The third-order valence-electron chi connectivity index (χ3n) is 2.34. The highest BCUT2D eigenvalue weighted by Gasteiger charge is 2.30. The summed E-state index contributed by atoms with van der Waals surface area (Å²) >= 11 is 1.07. The van der Waals surface area contributed by atoms with Gasteiger partial charge in [-0.2, -0.15) is 0 Å². The molecule has 2 unspecified atom stereocenters. The van der Waals surface area contributed by atoms with Crippen LogP contribution in [0.25, 0.3) is 0 Å². The minimum atomic E-state index is -3.31. The van der Waals surface area contributed by atoms with Gasteiger partial charge >= 0.3 is 12.7 Å². The van der Waals surface area contributed by atoms with Crippen LogP contribution in [0.15, 0.2) is 30.3 Å². The number of esters is 1. The number of carbonyl (C=O) groups is 1. The Hall–Kier alpha value is -1.01. The SMILES string of the molecule is CCOC(=O)C(C)NP(=O)(Oc1ccccc1)SCCN. The third kappa shape index (κ3) is 6.52. The number of hydrogen-bond acceptors (Lipinski definition) is 6. The Balaban J connectivity index is 2.78. The molecule has 0 aliphatic heterocycles. The Morgan fingerprint density at radius 1 is 1.43 bits per heavy atom. The molecule has 6 nitrogen and oxygen atoms in total. The molecule has 0 radical (unpaired) electrons. The number of benzene rings is 1. The number of hydrogen-bond donors (Lipinski definition) is 2. The Morgan fingerprint density at radius 2 is 2.10 bits per heavy atom. The van der Waals surface area contributed by atoms with E-state index in [2.05, 4.69) is 5.09 Å². The van der Waals surface area contributed by atoms with Crippen molar-refractivity contribution in [1.29, 1.82) is 0 Å². The van der Waals surface area contributed by atoms with Crippen molar-refractivity contribution in [2.75, 3.05) is 18.9 Å². The van der Waals surface area contributed by atoms with Gasteiger partial charge in [0.2, 0.25) is 0 Å². The second-order valence-electron chi connectivity index (χ2n) is 4.13. The molecule has 0 spiro atoms. The quantitative estimate of drug-likeness (QED) is 0.530. The van der Waals surface area contributed by atoms with E-state index in [1.165, 1.54) is 0 Å². The van der Waals surface area contributed by atoms with Gasteiger partial charge in [0.1, 0.15) is 11.8 Å². The van der Waals surface area contributed by atoms with Crippen molar-refractivity contribution in [2.24, 2.45) is 5.73 Å². The first kappa shape index (κ1) is 18.0. The topological polar surface area (TPSA) is 90.6 Å². The van der Waals surface area contributed by atoms with E-state index in [0.29, 0.717) is 18.0 Å². The number of nitrogens with one attached hydrogen (secondary N) is 1. The smallest absolute Gasteiger partial charge is 0.375 e. The Labute approximate surface area is 129 Å². The van der Waals surface area contributed by atoms with Crippen LogP contribution in [0.2, 0.25) is 0 Å². The third-order valence-corrected chi connectivity index (χ3v) is 6.36. The van der Waals surface area contributed by atoms with Crippen LogP contribution in [0.3, 0.4) is 0 Å². The van der Waals surface area contributed by atoms with Gasteiger partial charge in [0, 0.05) is 12.3 Å². The maximum absolute atomic E-state index is 12.8. The number of ether oxygens (including phenoxy) is 1. The minimum Gasteiger partial charge on any atom is -0.465 e. The minimum absolute atomic E-state index is 0.268. The molecule has 8 heteroatoms. The average Bonchev–Trinajstić information content (AvgIpc) is 2.46. The van der Waals surface area contributed by atoms with Crippen molar-refractivity contribution in [3.63, 3.8) is 0 Å². The highest BCUT2D eigenvalue weighted by molar-refractivity contribution is 8.56. The van der Waals surface area contributed by atoms with E-state index in [-0.39, 0.29) is 6.61 Å². The van der Waals surface area contributed by atoms with E-state index in [9.17, 15) is 9.36 Å². The van der Waals surface area contributed by atoms with E-state index < -0.39 is 18.7 Å². The predicted octanol–water partition coefficient (Wildman–Crippen LogP) is 2.41. The zero-order chi connectivity index (χ0) is 15.7. The molecule has 0 heterocycles. The summed E-state index contributed by atoms with van der Waals surface area (Å²) in [6.07, 6.45) is 0. The van der Waals surface area contributed by atoms with Gasteiger partial charge in [0.15, 0.2) is 0 Å². The predicted molar refractivity (Wildman–Crippen MR) is 85.4 cm³/mol. The van der Waals surface area contributed by atoms with E-state index in [4.69, 9.17) is 15.0 Å². The molecule has 21 heavy (non-hydrogen) atoms. The summed E-state index contributed by atoms with van der Waals surface area (Å²) in [6, 6.07) is 8.06. The molecule has 0 bridgehead atoms. The van der Waals surface area contributed by atoms with Crippen LogP contribution in [0.1, 0.15) is 13.8 Å². The van der Waals surface area contributed by atoms with Crippen LogP contribution < -0.4 is 15.3 Å². The summed E-state index contributed by atoms with van der Waals surface area (Å²) in [6.45, 7) is 0.628. The van der Waals surface area contributed by atoms with Gasteiger partial charge in [-0.1, -0.05) is 18.2 Å². The lowest BCUT2D eigenvalue weighted by Gasteiger charge is -2.22. The largest absolute Gasteiger partial charge is 0.465 e. The summed E-state index contributed by atoms with van der Waals surface area (Å²) in [5, 5.41) is 2.73. The number of nitrogens with two attached hydrogens (primary N) is 1. The Bertz CT molecular complexity index is 486. The monoisotopic (exact) mass is 332 g/mol. The molecule has 1 aromatic carbocycles. The fraction of sp³-hybridized carbons (Fsp3) is 0.462. The fourth-order valence-electron chi connectivity index (χ4n) is 1.44. The van der Waals surface area contributed by atoms with Crippen molar-refractivity contribution in [3.05, 3.63) is 30.3 Å². The van der Waals surface area contributed by atoms with Gasteiger partial charge in [0.05, 0.1) is 6.61 Å². The number of para-hydroxylation sites is 1. The van der Waals surface area contributed by atoms with Crippen molar-refractivity contribution >= 4 is 24.1 Å². The second kappa shape index (κ2) is 9.10. The maximum Gasteiger partial charge on any atom is 0.375 e. The van der Waals surface area contributed by atoms with Crippen LogP contribution in [-0.2, 0) is 14.1 Å². The zero-order valence-corrected chi connectivity index (χ0v) is 13.9. The summed E-state index contributed by atoms with van der Waals surface area (Å²) in [4.78, 5) is 11.7. The lowest BCUT2D eigenvalue weighted by Crippen LogP contribution is -2.34. The summed E-state index contributed by atoms with van der Waals surface area (Å²) in [5.41, 5.74) is 5.45. The van der Waals surface area contributed by atoms with E-state index in [1.807, 2.05) is 6.07 Å². The molecule has 0 saturated carbocycles. The van der Waals surface area contributed by atoms with E-state index >= 15 is 0 Å². The van der Waals surface area contributed by atoms with Crippen LogP contribution in [0, 0.1) is 0 Å². The van der Waals surface area contributed by atoms with E-state index in [1.54, 1.807) is 38.1 Å². The first-order valence-electron chi connectivity index (χ1n) is 6.64. The highest BCUT2D eigenvalue weighted by atomic mass is 32.7. The molecule has 1 rings (SSSR count). The van der Waals surface area contributed by atoms with E-state index in [0.717, 1.165) is 11.4 Å². The summed E-state index contributed by atoms with van der Waals surface area (Å²) in [5.74, 6) is 0.448. The fourth-order valence-corrected chi connectivity index (χ4v) is 5.10. The molecule has 1 aromatic rings. The van der Waals surface area contributed by atoms with Crippen LogP contribution in [0.4, 0.5) is 0 Å². The molecule has 2 atom stereocenters. The molecule has 0 fully saturated rings. The first-order valence-corrected chi connectivity index (χ1v) is 9.86. The number of carbonyl (C=O) groups excluding carboxylic acids is 1. The summed E-state index contributed by atoms with van der Waals surface area (Å²) in [7, 11) is 0. The molecule has 0 aliphatic rings. The van der Waals surface area contributed by atoms with Gasteiger partial charge in [0.25, 0.3) is 0 Å². The second-order valence-corrected chi connectivity index (χ2v) is 8.45. The van der Waals surface area contributed by atoms with Gasteiger partial charge in [-0.15, -0.1) is 0 Å². The molecule has 3 N–H and O–H groups in total. The first-order chi connectivity index (χ1) is 10.0. The molecular formula is C13H21N2O4PS. The van der Waals surface area contributed by atoms with Crippen molar-refractivity contribution in [2.45, 2.75) is 19.9 Å². The molecule has 118 valence electrons. The number of rotatable bonds is 9. The van der Waals surface area contributed by atoms with Crippen LogP contribution in [0.5, 0.6) is 5.75 Å². The normalized spacial score (nSPS) is 15.0. The van der Waals surface area contributed by atoms with Crippen LogP contribution in [-0.4, -0.2) is 30.9 Å². The van der Waals surface area contributed by atoms with Crippen molar-refractivity contribution < 1.29 is 18.6 Å². The molecular weight excluding hydrogens is 311 g/mol. The lowest BCUT2D eigenvalue weighted by molar-refractivity contribution is -0.144. The summed E-state index contributed by atoms with van der Waals surface area (Å²) < 4.78 is 23.3. The Morgan fingerprint density at radius 3 is 2.67 bits per heavy atom. The van der Waals surface area contributed by atoms with Gasteiger partial charge < -0.3 is 15.0 Å². The van der Waals surface area contributed by atoms with Crippen molar-refractivity contribution in [3.8, 4) is 5.75 Å². The lowest BCUT2D eigenvalue weighted by atomic mass is 10.3. The molecule has 0 aliphatic carbocycles. The standard InChI is InChI=1S/C13H21N2O4PS/c1-3-18-13(16)11(2)15-20(17,21-10-9-14)19-12-7-5-4-6-8-12/h4-8,11H,3,9-10,14H2,1-2H3,(H,15,17). The zero-order valence-electron chi connectivity index (χ0n) is 12.2. The maximum atomic E-state index is 12.8.